The SMILES string of the molecule is Cc1c(F)cccc1NC(=O)CNC(=O)CNC(=O)OCc1ccccc1. The first-order valence-electron chi connectivity index (χ1n) is 8.22. The molecule has 0 aromatic heterocycles. The van der Waals surface area contributed by atoms with Gasteiger partial charge in [-0.25, -0.2) is 9.18 Å². The summed E-state index contributed by atoms with van der Waals surface area (Å²) in [7, 11) is 0. The molecule has 0 heterocycles. The molecule has 27 heavy (non-hydrogen) atoms. The monoisotopic (exact) mass is 373 g/mol. The quantitative estimate of drug-likeness (QED) is 0.693. The van der Waals surface area contributed by atoms with E-state index in [9.17, 15) is 18.8 Å². The van der Waals surface area contributed by atoms with Gasteiger partial charge in [0.1, 0.15) is 19.0 Å². The van der Waals surface area contributed by atoms with Crippen molar-refractivity contribution in [2.24, 2.45) is 0 Å². The summed E-state index contributed by atoms with van der Waals surface area (Å²) < 4.78 is 18.4. The number of hydrogen-bond acceptors (Lipinski definition) is 4. The van der Waals surface area contributed by atoms with Crippen molar-refractivity contribution in [2.45, 2.75) is 13.5 Å². The Balaban J connectivity index is 1.66. The van der Waals surface area contributed by atoms with Crippen LogP contribution < -0.4 is 16.0 Å². The zero-order valence-electron chi connectivity index (χ0n) is 14.8. The topological polar surface area (TPSA) is 96.5 Å². The van der Waals surface area contributed by atoms with Crippen molar-refractivity contribution in [1.29, 1.82) is 0 Å². The summed E-state index contributed by atoms with van der Waals surface area (Å²) in [5.41, 5.74) is 1.46. The van der Waals surface area contributed by atoms with Crippen molar-refractivity contribution in [1.82, 2.24) is 10.6 Å². The summed E-state index contributed by atoms with van der Waals surface area (Å²) in [6.45, 7) is 0.980. The Hall–Kier alpha value is -3.42. The van der Waals surface area contributed by atoms with Crippen molar-refractivity contribution >= 4 is 23.6 Å². The number of halogens is 1. The average Bonchev–Trinajstić information content (AvgIpc) is 2.67. The summed E-state index contributed by atoms with van der Waals surface area (Å²) in [5, 5.41) is 7.14. The molecule has 2 aromatic rings. The van der Waals surface area contributed by atoms with Crippen molar-refractivity contribution < 1.29 is 23.5 Å². The van der Waals surface area contributed by atoms with E-state index in [2.05, 4.69) is 16.0 Å². The Morgan fingerprint density at radius 1 is 0.926 bits per heavy atom. The summed E-state index contributed by atoms with van der Waals surface area (Å²) in [4.78, 5) is 35.0. The van der Waals surface area contributed by atoms with Crippen LogP contribution in [0, 0.1) is 12.7 Å². The number of anilines is 1. The van der Waals surface area contributed by atoms with Gasteiger partial charge in [0.05, 0.1) is 6.54 Å². The van der Waals surface area contributed by atoms with E-state index in [-0.39, 0.29) is 19.7 Å². The molecule has 0 bridgehead atoms. The van der Waals surface area contributed by atoms with E-state index in [4.69, 9.17) is 4.74 Å². The third-order valence-corrected chi connectivity index (χ3v) is 3.59. The van der Waals surface area contributed by atoms with Gasteiger partial charge < -0.3 is 20.7 Å². The van der Waals surface area contributed by atoms with Crippen LogP contribution in [0.4, 0.5) is 14.9 Å². The van der Waals surface area contributed by atoms with E-state index in [0.29, 0.717) is 11.3 Å². The Labute approximate surface area is 155 Å². The van der Waals surface area contributed by atoms with Crippen molar-refractivity contribution in [2.75, 3.05) is 18.4 Å². The van der Waals surface area contributed by atoms with Gasteiger partial charge in [-0.2, -0.15) is 0 Å². The third kappa shape index (κ3) is 6.77. The second kappa shape index (κ2) is 9.91. The van der Waals surface area contributed by atoms with Gasteiger partial charge in [-0.1, -0.05) is 36.4 Å². The Morgan fingerprint density at radius 2 is 1.63 bits per heavy atom. The molecule has 0 unspecified atom stereocenters. The van der Waals surface area contributed by atoms with Crippen LogP contribution in [0.5, 0.6) is 0 Å². The zero-order chi connectivity index (χ0) is 19.6. The highest BCUT2D eigenvalue weighted by Gasteiger charge is 2.10. The number of nitrogens with one attached hydrogen (secondary N) is 3. The molecule has 0 aliphatic heterocycles. The minimum Gasteiger partial charge on any atom is -0.445 e. The van der Waals surface area contributed by atoms with E-state index in [1.165, 1.54) is 19.1 Å². The number of carbonyl (C=O) groups excluding carboxylic acids is 3. The molecule has 0 fully saturated rings. The number of amides is 3. The van der Waals surface area contributed by atoms with Gasteiger partial charge in [-0.3, -0.25) is 9.59 Å². The fraction of sp³-hybridized carbons (Fsp3) is 0.211. The molecule has 0 aliphatic rings. The largest absolute Gasteiger partial charge is 0.445 e. The lowest BCUT2D eigenvalue weighted by atomic mass is 10.2. The summed E-state index contributed by atoms with van der Waals surface area (Å²) in [5.74, 6) is -1.50. The molecule has 2 rings (SSSR count). The van der Waals surface area contributed by atoms with Gasteiger partial charge in [0, 0.05) is 11.3 Å². The van der Waals surface area contributed by atoms with E-state index in [1.54, 1.807) is 18.2 Å². The van der Waals surface area contributed by atoms with E-state index >= 15 is 0 Å². The lowest BCUT2D eigenvalue weighted by Gasteiger charge is -2.10. The fourth-order valence-electron chi connectivity index (χ4n) is 2.11. The first-order valence-corrected chi connectivity index (χ1v) is 8.22. The van der Waals surface area contributed by atoms with Crippen molar-refractivity contribution in [3.8, 4) is 0 Å². The van der Waals surface area contributed by atoms with Crippen molar-refractivity contribution in [3.63, 3.8) is 0 Å². The first kappa shape index (κ1) is 19.9. The Kier molecular flexibility index (Phi) is 7.30. The maximum Gasteiger partial charge on any atom is 0.407 e. The van der Waals surface area contributed by atoms with Crippen LogP contribution in [-0.2, 0) is 20.9 Å². The average molecular weight is 373 g/mol. The first-order chi connectivity index (χ1) is 13.0. The Bertz CT molecular complexity index is 812. The molecule has 142 valence electrons. The smallest absolute Gasteiger partial charge is 0.407 e. The second-order valence-electron chi connectivity index (χ2n) is 5.65. The Morgan fingerprint density at radius 3 is 2.37 bits per heavy atom. The summed E-state index contributed by atoms with van der Waals surface area (Å²) >= 11 is 0. The molecule has 2 aromatic carbocycles. The lowest BCUT2D eigenvalue weighted by molar-refractivity contribution is -0.123. The van der Waals surface area contributed by atoms with Crippen LogP contribution in [0.25, 0.3) is 0 Å². The molecule has 0 radical (unpaired) electrons. The van der Waals surface area contributed by atoms with Crippen LogP contribution >= 0.6 is 0 Å². The van der Waals surface area contributed by atoms with Gasteiger partial charge in [0.25, 0.3) is 0 Å². The molecule has 7 nitrogen and oxygen atoms in total. The number of carbonyl (C=O) groups is 3. The molecule has 3 amide bonds. The van der Waals surface area contributed by atoms with Crippen LogP contribution in [0.15, 0.2) is 48.5 Å². The van der Waals surface area contributed by atoms with Gasteiger partial charge in [0.15, 0.2) is 0 Å². The highest BCUT2D eigenvalue weighted by molar-refractivity contribution is 5.95. The van der Waals surface area contributed by atoms with Gasteiger partial charge >= 0.3 is 6.09 Å². The van der Waals surface area contributed by atoms with E-state index in [0.717, 1.165) is 5.56 Å². The predicted octanol–water partition coefficient (Wildman–Crippen LogP) is 2.12. The number of ether oxygens (including phenoxy) is 1. The number of hydrogen-bond donors (Lipinski definition) is 3. The fourth-order valence-corrected chi connectivity index (χ4v) is 2.11. The minimum absolute atomic E-state index is 0.0870. The predicted molar refractivity (Wildman–Crippen MR) is 97.4 cm³/mol. The van der Waals surface area contributed by atoms with Crippen LogP contribution in [0.2, 0.25) is 0 Å². The molecule has 0 saturated heterocycles. The number of rotatable bonds is 7. The van der Waals surface area contributed by atoms with Crippen molar-refractivity contribution in [3.05, 3.63) is 65.5 Å². The van der Waals surface area contributed by atoms with Gasteiger partial charge in [0.2, 0.25) is 11.8 Å². The summed E-state index contributed by atoms with van der Waals surface area (Å²) in [6, 6.07) is 13.4. The second-order valence-corrected chi connectivity index (χ2v) is 5.65. The third-order valence-electron chi connectivity index (χ3n) is 3.59. The zero-order valence-corrected chi connectivity index (χ0v) is 14.8. The molecule has 8 heteroatoms. The minimum atomic E-state index is -0.742. The molecule has 0 spiro atoms. The maximum atomic E-state index is 13.4. The van der Waals surface area contributed by atoms with E-state index < -0.39 is 23.7 Å². The highest BCUT2D eigenvalue weighted by Crippen LogP contribution is 2.16. The van der Waals surface area contributed by atoms with E-state index in [1.807, 2.05) is 18.2 Å². The standard InChI is InChI=1S/C19H20FN3O4/c1-13-15(20)8-5-9-16(13)23-18(25)11-21-17(24)10-22-19(26)27-12-14-6-3-2-4-7-14/h2-9H,10-12H2,1H3,(H,21,24)(H,22,26)(H,23,25). The van der Waals surface area contributed by atoms with Crippen LogP contribution in [0.1, 0.15) is 11.1 Å². The molecular formula is C19H20FN3O4. The molecule has 0 atom stereocenters. The van der Waals surface area contributed by atoms with Crippen LogP contribution in [-0.4, -0.2) is 31.0 Å². The van der Waals surface area contributed by atoms with Gasteiger partial charge in [-0.15, -0.1) is 0 Å². The lowest BCUT2D eigenvalue weighted by Crippen LogP contribution is -2.40. The number of alkyl carbamates (subject to hydrolysis) is 1. The molecule has 3 N–H and O–H groups in total. The number of benzene rings is 2. The van der Waals surface area contributed by atoms with Crippen LogP contribution in [0.3, 0.4) is 0 Å². The molecule has 0 saturated carbocycles. The molecular weight excluding hydrogens is 353 g/mol. The normalized spacial score (nSPS) is 10.0. The molecule has 0 aliphatic carbocycles. The van der Waals surface area contributed by atoms with Gasteiger partial charge in [-0.05, 0) is 24.6 Å². The summed E-state index contributed by atoms with van der Waals surface area (Å²) in [6.07, 6.45) is -0.742. The highest BCUT2D eigenvalue weighted by atomic mass is 19.1. The maximum absolute atomic E-state index is 13.4.